The molecule has 2 aromatic carbocycles. The predicted octanol–water partition coefficient (Wildman–Crippen LogP) is 6.68. The first kappa shape index (κ1) is 24.0. The van der Waals surface area contributed by atoms with Crippen LogP contribution in [0.15, 0.2) is 60.7 Å². The van der Waals surface area contributed by atoms with Crippen LogP contribution in [0.1, 0.15) is 27.7 Å². The van der Waals surface area contributed by atoms with Gasteiger partial charge in [-0.2, -0.15) is 0 Å². The van der Waals surface area contributed by atoms with E-state index in [2.05, 4.69) is 128 Å². The molecule has 4 atom stereocenters. The van der Waals surface area contributed by atoms with Gasteiger partial charge >= 0.3 is 0 Å². The van der Waals surface area contributed by atoms with E-state index in [1.165, 1.54) is 0 Å². The summed E-state index contributed by atoms with van der Waals surface area (Å²) in [5.41, 5.74) is 1.84. The lowest BCUT2D eigenvalue weighted by Gasteiger charge is -2.78. The van der Waals surface area contributed by atoms with Crippen molar-refractivity contribution in [3.8, 4) is 0 Å². The molecular weight excluding hydrogens is 425 g/mol. The van der Waals surface area contributed by atoms with Crippen molar-refractivity contribution in [1.29, 1.82) is 0 Å². The molecule has 4 heteroatoms. The normalized spacial score (nSPS) is 29.9. The maximum Gasteiger partial charge on any atom is 0.0804 e. The molecule has 1 fully saturated rings. The summed E-state index contributed by atoms with van der Waals surface area (Å²) >= 11 is 0. The first-order valence-electron chi connectivity index (χ1n) is 12.0. The highest BCUT2D eigenvalue weighted by Crippen LogP contribution is 2.67. The van der Waals surface area contributed by atoms with Gasteiger partial charge in [-0.25, -0.2) is 0 Å². The average molecular weight is 469 g/mol. The Morgan fingerprint density at radius 3 is 1.00 bits per heavy atom. The zero-order valence-electron chi connectivity index (χ0n) is 21.1. The summed E-state index contributed by atoms with van der Waals surface area (Å²) in [7, 11) is -6.45. The summed E-state index contributed by atoms with van der Waals surface area (Å²) in [6.45, 7) is 26.7. The van der Waals surface area contributed by atoms with Crippen molar-refractivity contribution in [2.45, 2.75) is 78.1 Å². The summed E-state index contributed by atoms with van der Waals surface area (Å²) in [6.07, 6.45) is 0. The van der Waals surface area contributed by atoms with Crippen LogP contribution in [-0.4, -0.2) is 29.4 Å². The Bertz CT molecular complexity index is 775. The highest BCUT2D eigenvalue weighted by molar-refractivity contribution is 7.92. The Morgan fingerprint density at radius 2 is 0.800 bits per heavy atom. The highest BCUT2D eigenvalue weighted by Gasteiger charge is 2.82. The highest BCUT2D eigenvalue weighted by atomic mass is 29.8. The van der Waals surface area contributed by atoms with Gasteiger partial charge in [0.2, 0.25) is 0 Å². The van der Waals surface area contributed by atoms with Crippen LogP contribution in [0.3, 0.4) is 0 Å². The molecule has 3 rings (SSSR count). The molecule has 0 aliphatic carbocycles. The van der Waals surface area contributed by atoms with Gasteiger partial charge < -0.3 is 0 Å². The molecule has 0 nitrogen and oxygen atoms in total. The first-order chi connectivity index (χ1) is 13.8. The third-order valence-electron chi connectivity index (χ3n) is 8.27. The molecule has 1 heterocycles. The van der Waals surface area contributed by atoms with Crippen LogP contribution in [0, 0.1) is 11.8 Å². The van der Waals surface area contributed by atoms with Crippen molar-refractivity contribution < 1.29 is 0 Å². The summed E-state index contributed by atoms with van der Waals surface area (Å²) < 4.78 is 0. The first-order valence-corrected chi connectivity index (χ1v) is 26.1. The fourth-order valence-corrected chi connectivity index (χ4v) is 103. The molecule has 0 N–H and O–H groups in total. The minimum atomic E-state index is -1.76. The zero-order chi connectivity index (χ0) is 22.5. The lowest BCUT2D eigenvalue weighted by Crippen LogP contribution is -3.01. The second-order valence-electron chi connectivity index (χ2n) is 12.4. The van der Waals surface area contributed by atoms with E-state index in [4.69, 9.17) is 0 Å². The summed E-state index contributed by atoms with van der Waals surface area (Å²) in [4.78, 5) is 0. The van der Waals surface area contributed by atoms with E-state index < -0.39 is 29.4 Å². The van der Waals surface area contributed by atoms with Gasteiger partial charge in [-0.05, 0) is 22.9 Å². The Balaban J connectivity index is 2.55. The number of hydrogen-bond acceptors (Lipinski definition) is 0. The monoisotopic (exact) mass is 468 g/mol. The van der Waals surface area contributed by atoms with E-state index in [0.29, 0.717) is 0 Å². The SMILES string of the molecule is CC(C)C1C(C(C)C)[Si](c2ccccc2)([Si](C)(C)C)[Si]1(c1ccccc1)[Si](C)(C)C. The number of rotatable bonds is 6. The molecule has 4 unspecified atom stereocenters. The molecule has 0 amide bonds. The maximum atomic E-state index is 2.75. The van der Waals surface area contributed by atoms with Crippen LogP contribution >= 0.6 is 0 Å². The molecule has 0 aromatic heterocycles. The lowest BCUT2D eigenvalue weighted by atomic mass is 9.99. The molecule has 0 bridgehead atoms. The van der Waals surface area contributed by atoms with Gasteiger partial charge in [0.15, 0.2) is 0 Å². The van der Waals surface area contributed by atoms with Gasteiger partial charge in [-0.3, -0.25) is 0 Å². The molecule has 0 saturated carbocycles. The predicted molar refractivity (Wildman–Crippen MR) is 148 cm³/mol. The van der Waals surface area contributed by atoms with Gasteiger partial charge in [0, 0.05) is 15.2 Å². The molecular formula is C26H44Si4. The van der Waals surface area contributed by atoms with Crippen molar-refractivity contribution in [2.75, 3.05) is 0 Å². The standard InChI is InChI=1S/C26H44Si4/c1-21(2)25-26(22(3)4)30(28(8,9)10,24-19-15-12-16-20-24)29(25,27(5,6)7)23-17-13-11-14-18-23/h11-22,25-26H,1-10H3. The molecule has 1 aliphatic heterocycles. The lowest BCUT2D eigenvalue weighted by molar-refractivity contribution is 0.445. The van der Waals surface area contributed by atoms with E-state index in [1.54, 1.807) is 0 Å². The zero-order valence-corrected chi connectivity index (χ0v) is 25.1. The van der Waals surface area contributed by atoms with Crippen LogP contribution in [-0.2, 0) is 0 Å². The van der Waals surface area contributed by atoms with Gasteiger partial charge in [0.1, 0.15) is 0 Å². The van der Waals surface area contributed by atoms with E-state index in [-0.39, 0.29) is 0 Å². The van der Waals surface area contributed by atoms with Gasteiger partial charge in [-0.1, -0.05) is 138 Å². The van der Waals surface area contributed by atoms with Crippen molar-refractivity contribution in [3.05, 3.63) is 60.7 Å². The topological polar surface area (TPSA) is 0 Å². The van der Waals surface area contributed by atoms with E-state index in [1.807, 2.05) is 10.4 Å². The summed E-state index contributed by atoms with van der Waals surface area (Å²) in [6, 6.07) is 24.1. The van der Waals surface area contributed by atoms with E-state index in [9.17, 15) is 0 Å². The largest absolute Gasteiger partial charge is 0.0804 e. The van der Waals surface area contributed by atoms with Crippen LogP contribution in [0.2, 0.25) is 50.4 Å². The van der Waals surface area contributed by atoms with Crippen LogP contribution in [0.5, 0.6) is 0 Å². The van der Waals surface area contributed by atoms with Crippen molar-refractivity contribution >= 4 is 39.8 Å². The third-order valence-corrected chi connectivity index (χ3v) is 69.4. The fraction of sp³-hybridized carbons (Fsp3) is 0.538. The maximum absolute atomic E-state index is 2.75. The Kier molecular flexibility index (Phi) is 6.40. The molecule has 1 aliphatic rings. The van der Waals surface area contributed by atoms with Gasteiger partial charge in [-0.15, -0.1) is 0 Å². The Morgan fingerprint density at radius 1 is 0.533 bits per heavy atom. The van der Waals surface area contributed by atoms with E-state index in [0.717, 1.165) is 22.9 Å². The van der Waals surface area contributed by atoms with Gasteiger partial charge in [0.25, 0.3) is 0 Å². The van der Waals surface area contributed by atoms with Crippen LogP contribution in [0.4, 0.5) is 0 Å². The van der Waals surface area contributed by atoms with Gasteiger partial charge in [0.05, 0.1) is 14.2 Å². The minimum absolute atomic E-state index is 0.775. The Labute approximate surface area is 189 Å². The Hall–Kier alpha value is -0.692. The summed E-state index contributed by atoms with van der Waals surface area (Å²) in [5, 5.41) is 3.63. The average Bonchev–Trinajstić information content (AvgIpc) is 2.60. The third kappa shape index (κ3) is 3.08. The van der Waals surface area contributed by atoms with E-state index >= 15 is 0 Å². The smallest absolute Gasteiger partial charge is 0.0713 e. The minimum Gasteiger partial charge on any atom is -0.0713 e. The molecule has 2 aromatic rings. The van der Waals surface area contributed by atoms with Crippen molar-refractivity contribution in [1.82, 2.24) is 0 Å². The molecule has 0 radical (unpaired) electrons. The molecule has 30 heavy (non-hydrogen) atoms. The number of benzene rings is 2. The molecule has 0 spiro atoms. The quantitative estimate of drug-likeness (QED) is 0.415. The summed E-state index contributed by atoms with van der Waals surface area (Å²) in [5.74, 6) is 1.55. The molecule has 1 saturated heterocycles. The van der Waals surface area contributed by atoms with Crippen LogP contribution in [0.25, 0.3) is 0 Å². The second kappa shape index (κ2) is 8.02. The second-order valence-corrected chi connectivity index (χ2v) is 48.6. The van der Waals surface area contributed by atoms with Crippen molar-refractivity contribution in [2.24, 2.45) is 11.8 Å². The van der Waals surface area contributed by atoms with Crippen LogP contribution < -0.4 is 10.4 Å². The fourth-order valence-electron chi connectivity index (χ4n) is 8.09. The molecule has 164 valence electrons. The van der Waals surface area contributed by atoms with Crippen molar-refractivity contribution in [3.63, 3.8) is 0 Å². The number of hydrogen-bond donors (Lipinski definition) is 0.